The molecule has 1 atom stereocenters. The van der Waals surface area contributed by atoms with Crippen LogP contribution in [0.5, 0.6) is 0 Å². The minimum absolute atomic E-state index is 0.117. The number of benzene rings is 2. The summed E-state index contributed by atoms with van der Waals surface area (Å²) in [6.07, 6.45) is -0.227. The summed E-state index contributed by atoms with van der Waals surface area (Å²) in [5.41, 5.74) is 8.73. The van der Waals surface area contributed by atoms with Crippen LogP contribution >= 0.6 is 0 Å². The van der Waals surface area contributed by atoms with Gasteiger partial charge in [0.25, 0.3) is 10.0 Å². The van der Waals surface area contributed by atoms with Gasteiger partial charge in [0.1, 0.15) is 6.61 Å². The van der Waals surface area contributed by atoms with Crippen LogP contribution < -0.4 is 15.4 Å². The first-order valence-electron chi connectivity index (χ1n) is 10.3. The number of nitrogen functional groups attached to an aromatic ring is 1. The first kappa shape index (κ1) is 22.7. The second-order valence-electron chi connectivity index (χ2n) is 7.88. The van der Waals surface area contributed by atoms with E-state index in [1.807, 2.05) is 38.1 Å². The van der Waals surface area contributed by atoms with Gasteiger partial charge in [-0.2, -0.15) is 0 Å². The fraction of sp³-hybridized carbons (Fsp3) is 0.409. The van der Waals surface area contributed by atoms with Crippen LogP contribution in [0.4, 0.5) is 21.9 Å². The van der Waals surface area contributed by atoms with Crippen LogP contribution in [0.1, 0.15) is 26.3 Å². The maximum absolute atomic E-state index is 13.5. The minimum Gasteiger partial charge on any atom is -0.430 e. The van der Waals surface area contributed by atoms with Crippen LogP contribution in [0, 0.1) is 5.92 Å². The molecule has 3 N–H and O–H groups in total. The molecule has 0 aromatic heterocycles. The zero-order valence-corrected chi connectivity index (χ0v) is 18.8. The average Bonchev–Trinajstić information content (AvgIpc) is 3.16. The Morgan fingerprint density at radius 2 is 1.90 bits per heavy atom. The van der Waals surface area contributed by atoms with Gasteiger partial charge in [-0.1, -0.05) is 32.9 Å². The molecule has 1 heterocycles. The SMILES string of the molecule is CCc1ccc(N(CC(C)C)S(=O)(=O)c2ccc(NCC3COC(=O)O3)c(N)c2)cc1. The number of carbonyl (C=O) groups is 1. The molecule has 9 heteroatoms. The summed E-state index contributed by atoms with van der Waals surface area (Å²) < 4.78 is 38.1. The van der Waals surface area contributed by atoms with Gasteiger partial charge in [-0.05, 0) is 48.2 Å². The average molecular weight is 448 g/mol. The summed E-state index contributed by atoms with van der Waals surface area (Å²) in [5, 5.41) is 3.07. The largest absolute Gasteiger partial charge is 0.508 e. The first-order chi connectivity index (χ1) is 14.7. The highest BCUT2D eigenvalue weighted by Crippen LogP contribution is 2.29. The number of anilines is 3. The van der Waals surface area contributed by atoms with Gasteiger partial charge in [-0.15, -0.1) is 0 Å². The normalized spacial score (nSPS) is 16.1. The lowest BCUT2D eigenvalue weighted by Gasteiger charge is -2.27. The number of ether oxygens (including phenoxy) is 2. The Morgan fingerprint density at radius 3 is 2.45 bits per heavy atom. The third-order valence-corrected chi connectivity index (χ3v) is 6.73. The number of hydrogen-bond acceptors (Lipinski definition) is 7. The van der Waals surface area contributed by atoms with E-state index >= 15 is 0 Å². The molecule has 0 bridgehead atoms. The Morgan fingerprint density at radius 1 is 1.19 bits per heavy atom. The number of cyclic esters (lactones) is 2. The predicted octanol–water partition coefficient (Wildman–Crippen LogP) is 3.63. The molecule has 2 aromatic carbocycles. The molecule has 0 saturated carbocycles. The van der Waals surface area contributed by atoms with Gasteiger partial charge < -0.3 is 20.5 Å². The van der Waals surface area contributed by atoms with E-state index in [2.05, 4.69) is 12.2 Å². The van der Waals surface area contributed by atoms with Crippen molar-refractivity contribution >= 4 is 33.2 Å². The van der Waals surface area contributed by atoms with Crippen LogP contribution in [0.15, 0.2) is 47.4 Å². The number of sulfonamides is 1. The lowest BCUT2D eigenvalue weighted by Crippen LogP contribution is -2.34. The van der Waals surface area contributed by atoms with Crippen molar-refractivity contribution in [1.82, 2.24) is 0 Å². The minimum atomic E-state index is -3.81. The highest BCUT2D eigenvalue weighted by molar-refractivity contribution is 7.92. The molecule has 0 radical (unpaired) electrons. The van der Waals surface area contributed by atoms with Gasteiger partial charge in [0.05, 0.1) is 28.5 Å². The number of nitrogens with two attached hydrogens (primary N) is 1. The van der Waals surface area contributed by atoms with Crippen molar-refractivity contribution in [2.24, 2.45) is 5.92 Å². The van der Waals surface area contributed by atoms with Crippen molar-refractivity contribution in [2.45, 2.75) is 38.2 Å². The van der Waals surface area contributed by atoms with Gasteiger partial charge in [-0.3, -0.25) is 4.31 Å². The Bertz CT molecular complexity index is 1020. The van der Waals surface area contributed by atoms with E-state index in [1.165, 1.54) is 16.4 Å². The number of aryl methyl sites for hydroxylation is 1. The Hall–Kier alpha value is -2.94. The molecule has 0 aliphatic carbocycles. The molecule has 2 aromatic rings. The summed E-state index contributed by atoms with van der Waals surface area (Å²) in [7, 11) is -3.81. The smallest absolute Gasteiger partial charge is 0.430 e. The Labute approximate surface area is 183 Å². The number of rotatable bonds is 9. The molecular weight excluding hydrogens is 418 g/mol. The molecule has 168 valence electrons. The lowest BCUT2D eigenvalue weighted by atomic mass is 10.1. The molecule has 1 fully saturated rings. The number of carbonyl (C=O) groups excluding carboxylic acids is 1. The molecule has 3 rings (SSSR count). The maximum Gasteiger partial charge on any atom is 0.508 e. The van der Waals surface area contributed by atoms with Crippen LogP contribution in [0.3, 0.4) is 0 Å². The van der Waals surface area contributed by atoms with E-state index in [-0.39, 0.29) is 23.1 Å². The van der Waals surface area contributed by atoms with Crippen LogP contribution in [-0.2, 0) is 25.9 Å². The fourth-order valence-electron chi connectivity index (χ4n) is 3.25. The summed E-state index contributed by atoms with van der Waals surface area (Å²) in [6, 6.07) is 12.2. The maximum atomic E-state index is 13.5. The van der Waals surface area contributed by atoms with E-state index in [4.69, 9.17) is 15.2 Å². The summed E-state index contributed by atoms with van der Waals surface area (Å²) in [6.45, 7) is 6.83. The molecule has 0 amide bonds. The molecular formula is C22H29N3O5S. The zero-order valence-electron chi connectivity index (χ0n) is 18.0. The predicted molar refractivity (Wildman–Crippen MR) is 121 cm³/mol. The van der Waals surface area contributed by atoms with E-state index in [1.54, 1.807) is 6.07 Å². The molecule has 8 nitrogen and oxygen atoms in total. The third-order valence-electron chi connectivity index (χ3n) is 4.94. The zero-order chi connectivity index (χ0) is 22.6. The topological polar surface area (TPSA) is 111 Å². The van der Waals surface area contributed by atoms with Gasteiger partial charge in [-0.25, -0.2) is 13.2 Å². The van der Waals surface area contributed by atoms with Crippen molar-refractivity contribution in [3.8, 4) is 0 Å². The second-order valence-corrected chi connectivity index (χ2v) is 9.74. The molecule has 1 aliphatic rings. The lowest BCUT2D eigenvalue weighted by molar-refractivity contribution is 0.120. The van der Waals surface area contributed by atoms with Gasteiger partial charge in [0.15, 0.2) is 6.10 Å². The number of nitrogens with zero attached hydrogens (tertiary/aromatic N) is 1. The van der Waals surface area contributed by atoms with Crippen molar-refractivity contribution in [2.75, 3.05) is 35.1 Å². The summed E-state index contributed by atoms with van der Waals surface area (Å²) in [5.74, 6) is 0.134. The van der Waals surface area contributed by atoms with E-state index in [0.29, 0.717) is 24.5 Å². The van der Waals surface area contributed by atoms with E-state index < -0.39 is 22.3 Å². The highest BCUT2D eigenvalue weighted by atomic mass is 32.2. The second kappa shape index (κ2) is 9.47. The first-order valence-corrected chi connectivity index (χ1v) is 11.7. The summed E-state index contributed by atoms with van der Waals surface area (Å²) >= 11 is 0. The van der Waals surface area contributed by atoms with Crippen LogP contribution in [0.2, 0.25) is 0 Å². The van der Waals surface area contributed by atoms with Crippen molar-refractivity contribution < 1.29 is 22.7 Å². The van der Waals surface area contributed by atoms with Crippen LogP contribution in [-0.4, -0.2) is 40.4 Å². The van der Waals surface area contributed by atoms with Gasteiger partial charge in [0.2, 0.25) is 0 Å². The highest BCUT2D eigenvalue weighted by Gasteiger charge is 2.27. The van der Waals surface area contributed by atoms with Crippen molar-refractivity contribution in [3.05, 3.63) is 48.0 Å². The van der Waals surface area contributed by atoms with Crippen molar-refractivity contribution in [1.29, 1.82) is 0 Å². The van der Waals surface area contributed by atoms with E-state index in [9.17, 15) is 13.2 Å². The molecule has 1 saturated heterocycles. The van der Waals surface area contributed by atoms with E-state index in [0.717, 1.165) is 12.0 Å². The Balaban J connectivity index is 1.83. The number of nitrogens with one attached hydrogen (secondary N) is 1. The third kappa shape index (κ3) is 5.41. The fourth-order valence-corrected chi connectivity index (χ4v) is 4.91. The number of hydrogen-bond donors (Lipinski definition) is 2. The quantitative estimate of drug-likeness (QED) is 0.446. The standard InChI is InChI=1S/C22H29N3O5S/c1-4-16-5-7-17(8-6-16)25(13-15(2)3)31(27,28)19-9-10-21(20(23)11-19)24-12-18-14-29-22(26)30-18/h5-11,15,18,24H,4,12-14,23H2,1-3H3. The summed E-state index contributed by atoms with van der Waals surface area (Å²) in [4.78, 5) is 11.1. The van der Waals surface area contributed by atoms with Crippen molar-refractivity contribution in [3.63, 3.8) is 0 Å². The molecule has 1 aliphatic heterocycles. The molecule has 31 heavy (non-hydrogen) atoms. The van der Waals surface area contributed by atoms with Gasteiger partial charge in [0, 0.05) is 6.54 Å². The van der Waals surface area contributed by atoms with Gasteiger partial charge >= 0.3 is 6.16 Å². The molecule has 1 unspecified atom stereocenters. The van der Waals surface area contributed by atoms with Crippen LogP contribution in [0.25, 0.3) is 0 Å². The Kier molecular flexibility index (Phi) is 6.94. The monoisotopic (exact) mass is 447 g/mol. The molecule has 0 spiro atoms.